The van der Waals surface area contributed by atoms with Crippen molar-refractivity contribution in [2.24, 2.45) is 0 Å². The molecular formula is C10H10ClN3S. The van der Waals surface area contributed by atoms with E-state index in [9.17, 15) is 0 Å². The third-order valence-corrected chi connectivity index (χ3v) is 3.39. The monoisotopic (exact) mass is 239 g/mol. The summed E-state index contributed by atoms with van der Waals surface area (Å²) in [6, 6.07) is 2.04. The van der Waals surface area contributed by atoms with E-state index in [2.05, 4.69) is 15.2 Å². The highest BCUT2D eigenvalue weighted by molar-refractivity contribution is 7.15. The van der Waals surface area contributed by atoms with E-state index in [1.54, 1.807) is 6.20 Å². The maximum absolute atomic E-state index is 5.93. The SMILES string of the molecule is Cc1cncc(-c2nnc(C(C)Cl)s2)c1. The fourth-order valence-corrected chi connectivity index (χ4v) is 2.11. The van der Waals surface area contributed by atoms with Crippen LogP contribution in [0.4, 0.5) is 0 Å². The number of halogens is 1. The molecule has 2 aromatic heterocycles. The summed E-state index contributed by atoms with van der Waals surface area (Å²) in [5.74, 6) is 0. The Morgan fingerprint density at radius 2 is 2.13 bits per heavy atom. The lowest BCUT2D eigenvalue weighted by atomic mass is 10.2. The highest BCUT2D eigenvalue weighted by atomic mass is 35.5. The minimum atomic E-state index is -0.0889. The van der Waals surface area contributed by atoms with Crippen molar-refractivity contribution in [2.45, 2.75) is 19.2 Å². The van der Waals surface area contributed by atoms with E-state index < -0.39 is 0 Å². The van der Waals surface area contributed by atoms with Crippen LogP contribution in [0, 0.1) is 6.92 Å². The van der Waals surface area contributed by atoms with Crippen LogP contribution < -0.4 is 0 Å². The summed E-state index contributed by atoms with van der Waals surface area (Å²) in [5, 5.41) is 9.74. The molecule has 0 amide bonds. The van der Waals surface area contributed by atoms with Crippen molar-refractivity contribution in [3.8, 4) is 10.6 Å². The number of hydrogen-bond donors (Lipinski definition) is 0. The van der Waals surface area contributed by atoms with Crippen LogP contribution >= 0.6 is 22.9 Å². The van der Waals surface area contributed by atoms with Crippen molar-refractivity contribution in [1.82, 2.24) is 15.2 Å². The Hall–Kier alpha value is -1.000. The lowest BCUT2D eigenvalue weighted by molar-refractivity contribution is 0.962. The molecule has 2 rings (SSSR count). The summed E-state index contributed by atoms with van der Waals surface area (Å²) in [6.07, 6.45) is 3.60. The summed E-state index contributed by atoms with van der Waals surface area (Å²) in [4.78, 5) is 4.12. The lowest BCUT2D eigenvalue weighted by Gasteiger charge is -1.95. The zero-order valence-electron chi connectivity index (χ0n) is 8.44. The van der Waals surface area contributed by atoms with Crippen molar-refractivity contribution in [2.75, 3.05) is 0 Å². The smallest absolute Gasteiger partial charge is 0.149 e. The number of aryl methyl sites for hydroxylation is 1. The van der Waals surface area contributed by atoms with E-state index in [-0.39, 0.29) is 5.38 Å². The minimum absolute atomic E-state index is 0.0889. The van der Waals surface area contributed by atoms with Crippen LogP contribution in [0.15, 0.2) is 18.5 Å². The Kier molecular flexibility index (Phi) is 2.98. The maximum atomic E-state index is 5.93. The van der Waals surface area contributed by atoms with Crippen LogP contribution in [-0.4, -0.2) is 15.2 Å². The topological polar surface area (TPSA) is 38.7 Å². The predicted molar refractivity (Wildman–Crippen MR) is 62.1 cm³/mol. The molecule has 1 unspecified atom stereocenters. The first-order chi connectivity index (χ1) is 7.16. The molecule has 0 fully saturated rings. The number of alkyl halides is 1. The molecule has 0 saturated carbocycles. The number of rotatable bonds is 2. The Labute approximate surface area is 97.2 Å². The second kappa shape index (κ2) is 4.24. The average molecular weight is 240 g/mol. The Balaban J connectivity index is 2.37. The van der Waals surface area contributed by atoms with Crippen LogP contribution in [0.25, 0.3) is 10.6 Å². The highest BCUT2D eigenvalue weighted by Gasteiger charge is 2.10. The molecule has 15 heavy (non-hydrogen) atoms. The number of nitrogens with zero attached hydrogens (tertiary/aromatic N) is 3. The van der Waals surface area contributed by atoms with Crippen molar-refractivity contribution >= 4 is 22.9 Å². The number of hydrogen-bond acceptors (Lipinski definition) is 4. The van der Waals surface area contributed by atoms with E-state index in [1.165, 1.54) is 11.3 Å². The van der Waals surface area contributed by atoms with Crippen molar-refractivity contribution in [3.05, 3.63) is 29.0 Å². The third kappa shape index (κ3) is 2.33. The van der Waals surface area contributed by atoms with Gasteiger partial charge in [0.2, 0.25) is 0 Å². The quantitative estimate of drug-likeness (QED) is 0.756. The normalized spacial score (nSPS) is 12.7. The molecule has 0 radical (unpaired) electrons. The summed E-state index contributed by atoms with van der Waals surface area (Å²) in [6.45, 7) is 3.89. The second-order valence-corrected chi connectivity index (χ2v) is 4.98. The predicted octanol–water partition coefficient (Wildman–Crippen LogP) is 3.21. The molecule has 2 heterocycles. The minimum Gasteiger partial charge on any atom is -0.264 e. The molecule has 0 bridgehead atoms. The molecule has 0 aliphatic rings. The Morgan fingerprint density at radius 3 is 2.73 bits per heavy atom. The second-order valence-electron chi connectivity index (χ2n) is 3.31. The maximum Gasteiger partial charge on any atom is 0.149 e. The van der Waals surface area contributed by atoms with Crippen LogP contribution in [0.3, 0.4) is 0 Å². The fourth-order valence-electron chi connectivity index (χ4n) is 1.18. The van der Waals surface area contributed by atoms with Crippen LogP contribution in [0.5, 0.6) is 0 Å². The van der Waals surface area contributed by atoms with Gasteiger partial charge in [-0.05, 0) is 25.5 Å². The lowest BCUT2D eigenvalue weighted by Crippen LogP contribution is -1.82. The van der Waals surface area contributed by atoms with Gasteiger partial charge in [0.1, 0.15) is 10.0 Å². The first-order valence-electron chi connectivity index (χ1n) is 4.56. The molecule has 0 spiro atoms. The molecule has 1 atom stereocenters. The molecule has 0 aliphatic heterocycles. The van der Waals surface area contributed by atoms with Gasteiger partial charge in [0, 0.05) is 18.0 Å². The summed E-state index contributed by atoms with van der Waals surface area (Å²) < 4.78 is 0. The first-order valence-corrected chi connectivity index (χ1v) is 5.81. The van der Waals surface area contributed by atoms with Crippen LogP contribution in [0.1, 0.15) is 22.9 Å². The van der Waals surface area contributed by atoms with E-state index >= 15 is 0 Å². The zero-order chi connectivity index (χ0) is 10.8. The standard InChI is InChI=1S/C10H10ClN3S/c1-6-3-8(5-12-4-6)10-14-13-9(15-10)7(2)11/h3-5,7H,1-2H3. The molecule has 0 N–H and O–H groups in total. The van der Waals surface area contributed by atoms with Gasteiger partial charge in [-0.1, -0.05) is 11.3 Å². The van der Waals surface area contributed by atoms with Gasteiger partial charge in [-0.2, -0.15) is 0 Å². The van der Waals surface area contributed by atoms with E-state index in [4.69, 9.17) is 11.6 Å². The molecule has 0 aliphatic carbocycles. The average Bonchev–Trinajstić information content (AvgIpc) is 2.66. The Morgan fingerprint density at radius 1 is 1.33 bits per heavy atom. The molecule has 5 heteroatoms. The summed E-state index contributed by atoms with van der Waals surface area (Å²) in [5.41, 5.74) is 2.11. The van der Waals surface area contributed by atoms with E-state index in [1.807, 2.05) is 26.1 Å². The van der Waals surface area contributed by atoms with Gasteiger partial charge < -0.3 is 0 Å². The van der Waals surface area contributed by atoms with Gasteiger partial charge in [0.05, 0.1) is 5.38 Å². The van der Waals surface area contributed by atoms with Crippen molar-refractivity contribution in [3.63, 3.8) is 0 Å². The summed E-state index contributed by atoms with van der Waals surface area (Å²) >= 11 is 7.44. The van der Waals surface area contributed by atoms with Crippen LogP contribution in [0.2, 0.25) is 0 Å². The Bertz CT molecular complexity index is 467. The first kappa shape index (κ1) is 10.5. The van der Waals surface area contributed by atoms with Crippen molar-refractivity contribution < 1.29 is 0 Å². The van der Waals surface area contributed by atoms with Gasteiger partial charge in [-0.15, -0.1) is 21.8 Å². The summed E-state index contributed by atoms with van der Waals surface area (Å²) in [7, 11) is 0. The van der Waals surface area contributed by atoms with Crippen molar-refractivity contribution in [1.29, 1.82) is 0 Å². The van der Waals surface area contributed by atoms with E-state index in [0.29, 0.717) is 0 Å². The number of aromatic nitrogens is 3. The van der Waals surface area contributed by atoms with Gasteiger partial charge in [-0.25, -0.2) is 0 Å². The van der Waals surface area contributed by atoms with Gasteiger partial charge in [0.25, 0.3) is 0 Å². The van der Waals surface area contributed by atoms with E-state index in [0.717, 1.165) is 21.1 Å². The molecule has 3 nitrogen and oxygen atoms in total. The largest absolute Gasteiger partial charge is 0.264 e. The molecule has 0 aromatic carbocycles. The molecule has 2 aromatic rings. The van der Waals surface area contributed by atoms with Gasteiger partial charge in [0.15, 0.2) is 0 Å². The zero-order valence-corrected chi connectivity index (χ0v) is 10.0. The molecule has 0 saturated heterocycles. The number of pyridine rings is 1. The third-order valence-electron chi connectivity index (χ3n) is 1.90. The highest BCUT2D eigenvalue weighted by Crippen LogP contribution is 2.28. The van der Waals surface area contributed by atoms with Crippen LogP contribution in [-0.2, 0) is 0 Å². The van der Waals surface area contributed by atoms with Gasteiger partial charge >= 0.3 is 0 Å². The van der Waals surface area contributed by atoms with Gasteiger partial charge in [-0.3, -0.25) is 4.98 Å². The molecular weight excluding hydrogens is 230 g/mol. The fraction of sp³-hybridized carbons (Fsp3) is 0.300. The molecule has 78 valence electrons.